The fourth-order valence-electron chi connectivity index (χ4n) is 2.03. The van der Waals surface area contributed by atoms with Gasteiger partial charge in [-0.1, -0.05) is 29.3 Å². The second kappa shape index (κ2) is 5.56. The highest BCUT2D eigenvalue weighted by molar-refractivity contribution is 7.15. The fraction of sp³-hybridized carbons (Fsp3) is 0.143. The van der Waals surface area contributed by atoms with Gasteiger partial charge in [-0.2, -0.15) is 0 Å². The summed E-state index contributed by atoms with van der Waals surface area (Å²) in [6, 6.07) is 7.96. The molecule has 3 nitrogen and oxygen atoms in total. The summed E-state index contributed by atoms with van der Waals surface area (Å²) >= 11 is 13.3. The van der Waals surface area contributed by atoms with E-state index in [2.05, 4.69) is 21.4 Å². The topological polar surface area (TPSA) is 37.8 Å². The van der Waals surface area contributed by atoms with Crippen molar-refractivity contribution in [3.63, 3.8) is 0 Å². The standard InChI is InChI=1S/C14H11Cl2N3S/c1-8-4-13(15)19-12-5-9(2-3-11(8)12)17-6-10-7-18-14(16)20-10/h2-5,7,17H,6H2,1H3. The van der Waals surface area contributed by atoms with Crippen LogP contribution in [0.5, 0.6) is 0 Å². The smallest absolute Gasteiger partial charge is 0.183 e. The van der Waals surface area contributed by atoms with Crippen LogP contribution in [0.25, 0.3) is 10.9 Å². The van der Waals surface area contributed by atoms with E-state index in [0.29, 0.717) is 16.2 Å². The SMILES string of the molecule is Cc1cc(Cl)nc2cc(NCc3cnc(Cl)s3)ccc12. The molecule has 20 heavy (non-hydrogen) atoms. The Labute approximate surface area is 130 Å². The number of hydrogen-bond acceptors (Lipinski definition) is 4. The molecule has 3 rings (SSSR count). The van der Waals surface area contributed by atoms with Crippen LogP contribution in [-0.4, -0.2) is 9.97 Å². The first kappa shape index (κ1) is 13.6. The number of anilines is 1. The molecule has 0 saturated heterocycles. The molecule has 0 saturated carbocycles. The van der Waals surface area contributed by atoms with Gasteiger partial charge < -0.3 is 5.32 Å². The first-order valence-corrected chi connectivity index (χ1v) is 7.60. The van der Waals surface area contributed by atoms with E-state index in [4.69, 9.17) is 23.2 Å². The molecule has 0 spiro atoms. The van der Waals surface area contributed by atoms with Crippen molar-refractivity contribution in [3.8, 4) is 0 Å². The molecule has 3 aromatic rings. The molecule has 0 amide bonds. The molecule has 0 fully saturated rings. The van der Waals surface area contributed by atoms with Gasteiger partial charge in [-0.25, -0.2) is 9.97 Å². The van der Waals surface area contributed by atoms with Crippen LogP contribution >= 0.6 is 34.5 Å². The van der Waals surface area contributed by atoms with E-state index < -0.39 is 0 Å². The highest BCUT2D eigenvalue weighted by Crippen LogP contribution is 2.24. The van der Waals surface area contributed by atoms with Crippen molar-refractivity contribution in [2.45, 2.75) is 13.5 Å². The number of aromatic nitrogens is 2. The maximum Gasteiger partial charge on any atom is 0.183 e. The number of rotatable bonds is 3. The van der Waals surface area contributed by atoms with Crippen molar-refractivity contribution in [1.29, 1.82) is 0 Å². The second-order valence-corrected chi connectivity index (χ2v) is 6.51. The fourth-order valence-corrected chi connectivity index (χ4v) is 3.20. The molecule has 1 N–H and O–H groups in total. The molecule has 0 atom stereocenters. The number of nitrogens with one attached hydrogen (secondary N) is 1. The molecule has 0 aliphatic heterocycles. The van der Waals surface area contributed by atoms with Crippen molar-refractivity contribution in [1.82, 2.24) is 9.97 Å². The summed E-state index contributed by atoms with van der Waals surface area (Å²) < 4.78 is 0.560. The van der Waals surface area contributed by atoms with Crippen LogP contribution in [0.2, 0.25) is 9.62 Å². The van der Waals surface area contributed by atoms with Gasteiger partial charge in [0.1, 0.15) is 5.15 Å². The Morgan fingerprint density at radius 2 is 2.10 bits per heavy atom. The molecular formula is C14H11Cl2N3S. The number of thiazole rings is 1. The summed E-state index contributed by atoms with van der Waals surface area (Å²) in [5.74, 6) is 0. The molecule has 0 aliphatic rings. The zero-order chi connectivity index (χ0) is 14.1. The number of nitrogens with zero attached hydrogens (tertiary/aromatic N) is 2. The highest BCUT2D eigenvalue weighted by atomic mass is 35.5. The largest absolute Gasteiger partial charge is 0.380 e. The predicted molar refractivity (Wildman–Crippen MR) is 85.9 cm³/mol. The van der Waals surface area contributed by atoms with E-state index in [1.54, 1.807) is 6.20 Å². The van der Waals surface area contributed by atoms with Crippen LogP contribution in [0.4, 0.5) is 5.69 Å². The molecule has 2 aromatic heterocycles. The number of fused-ring (bicyclic) bond motifs is 1. The lowest BCUT2D eigenvalue weighted by Crippen LogP contribution is -1.97. The molecule has 0 radical (unpaired) electrons. The van der Waals surface area contributed by atoms with E-state index in [0.717, 1.165) is 27.0 Å². The van der Waals surface area contributed by atoms with E-state index in [-0.39, 0.29) is 0 Å². The molecular weight excluding hydrogens is 313 g/mol. The summed E-state index contributed by atoms with van der Waals surface area (Å²) in [5, 5.41) is 4.96. The monoisotopic (exact) mass is 323 g/mol. The van der Waals surface area contributed by atoms with Crippen LogP contribution in [0, 0.1) is 6.92 Å². The van der Waals surface area contributed by atoms with E-state index in [1.807, 2.05) is 25.1 Å². The third-order valence-corrected chi connectivity index (χ3v) is 4.29. The first-order valence-electron chi connectivity index (χ1n) is 6.03. The minimum Gasteiger partial charge on any atom is -0.380 e. The van der Waals surface area contributed by atoms with Crippen molar-refractivity contribution < 1.29 is 0 Å². The normalized spacial score (nSPS) is 10.9. The van der Waals surface area contributed by atoms with Crippen LogP contribution in [-0.2, 0) is 6.54 Å². The minimum absolute atomic E-state index is 0.515. The van der Waals surface area contributed by atoms with Crippen molar-refractivity contribution in [2.75, 3.05) is 5.32 Å². The summed E-state index contributed by atoms with van der Waals surface area (Å²) in [5.41, 5.74) is 3.01. The zero-order valence-corrected chi connectivity index (χ0v) is 13.0. The summed E-state index contributed by atoms with van der Waals surface area (Å²) in [7, 11) is 0. The van der Waals surface area contributed by atoms with Gasteiger partial charge in [0.25, 0.3) is 0 Å². The highest BCUT2D eigenvalue weighted by Gasteiger charge is 2.04. The Hall–Kier alpha value is -1.36. The van der Waals surface area contributed by atoms with Crippen LogP contribution < -0.4 is 5.32 Å². The number of benzene rings is 1. The Bertz CT molecular complexity index is 770. The number of halogens is 2. The van der Waals surface area contributed by atoms with Gasteiger partial charge in [0.15, 0.2) is 4.47 Å². The average Bonchev–Trinajstić information content (AvgIpc) is 2.81. The molecule has 102 valence electrons. The van der Waals surface area contributed by atoms with Gasteiger partial charge in [0.05, 0.1) is 12.1 Å². The zero-order valence-electron chi connectivity index (χ0n) is 10.7. The number of aryl methyl sites for hydroxylation is 1. The molecule has 2 heterocycles. The van der Waals surface area contributed by atoms with E-state index in [1.165, 1.54) is 11.3 Å². The maximum atomic E-state index is 6.00. The summed E-state index contributed by atoms with van der Waals surface area (Å²) in [6.07, 6.45) is 1.78. The Balaban J connectivity index is 1.85. The molecule has 0 unspecified atom stereocenters. The second-order valence-electron chi connectivity index (χ2n) is 4.43. The van der Waals surface area contributed by atoms with Crippen molar-refractivity contribution >= 4 is 51.1 Å². The van der Waals surface area contributed by atoms with Gasteiger partial charge in [0.2, 0.25) is 0 Å². The minimum atomic E-state index is 0.515. The number of hydrogen-bond donors (Lipinski definition) is 1. The Morgan fingerprint density at radius 1 is 1.25 bits per heavy atom. The third kappa shape index (κ3) is 2.87. The quantitative estimate of drug-likeness (QED) is 0.695. The van der Waals surface area contributed by atoms with Gasteiger partial charge >= 0.3 is 0 Å². The van der Waals surface area contributed by atoms with Gasteiger partial charge in [-0.05, 0) is 30.7 Å². The van der Waals surface area contributed by atoms with E-state index in [9.17, 15) is 0 Å². The third-order valence-electron chi connectivity index (χ3n) is 2.98. The predicted octanol–water partition coefficient (Wildman–Crippen LogP) is 4.92. The molecule has 1 aromatic carbocycles. The van der Waals surface area contributed by atoms with Crippen LogP contribution in [0.15, 0.2) is 30.5 Å². The lowest BCUT2D eigenvalue weighted by Gasteiger charge is -2.07. The first-order chi connectivity index (χ1) is 9.61. The van der Waals surface area contributed by atoms with Crippen molar-refractivity contribution in [2.24, 2.45) is 0 Å². The summed E-state index contributed by atoms with van der Waals surface area (Å²) in [6.45, 7) is 2.72. The van der Waals surface area contributed by atoms with Crippen LogP contribution in [0.3, 0.4) is 0 Å². The Morgan fingerprint density at radius 3 is 2.85 bits per heavy atom. The van der Waals surface area contributed by atoms with Gasteiger partial charge in [-0.3, -0.25) is 0 Å². The molecule has 0 aliphatic carbocycles. The van der Waals surface area contributed by atoms with Crippen molar-refractivity contribution in [3.05, 3.63) is 50.5 Å². The maximum absolute atomic E-state index is 6.00. The summed E-state index contributed by atoms with van der Waals surface area (Å²) in [4.78, 5) is 9.46. The van der Waals surface area contributed by atoms with Gasteiger partial charge in [-0.15, -0.1) is 11.3 Å². The molecule has 6 heteroatoms. The number of pyridine rings is 1. The Kier molecular flexibility index (Phi) is 3.78. The lowest BCUT2D eigenvalue weighted by atomic mass is 10.1. The van der Waals surface area contributed by atoms with Gasteiger partial charge in [0, 0.05) is 22.1 Å². The van der Waals surface area contributed by atoms with E-state index >= 15 is 0 Å². The van der Waals surface area contributed by atoms with Crippen LogP contribution in [0.1, 0.15) is 10.4 Å². The average molecular weight is 324 g/mol. The molecule has 0 bridgehead atoms. The lowest BCUT2D eigenvalue weighted by molar-refractivity contribution is 1.17.